The maximum Gasteiger partial charge on any atom is 0.226 e. The third-order valence-corrected chi connectivity index (χ3v) is 6.46. The number of methoxy groups -OCH3 is 1. The lowest BCUT2D eigenvalue weighted by atomic mass is 9.85. The molecule has 0 bridgehead atoms. The van der Waals surface area contributed by atoms with Crippen molar-refractivity contribution in [3.8, 4) is 11.5 Å². The van der Waals surface area contributed by atoms with Crippen molar-refractivity contribution in [2.75, 3.05) is 12.4 Å². The van der Waals surface area contributed by atoms with Crippen LogP contribution in [-0.4, -0.2) is 27.7 Å². The number of halogens is 2. The van der Waals surface area contributed by atoms with Gasteiger partial charge in [-0.1, -0.05) is 35.3 Å². The average Bonchev–Trinajstić information content (AvgIpc) is 3.26. The normalized spacial score (nSPS) is 17.5. The second kappa shape index (κ2) is 8.48. The van der Waals surface area contributed by atoms with Crippen LogP contribution in [0, 0.1) is 0 Å². The first kappa shape index (κ1) is 20.8. The van der Waals surface area contributed by atoms with E-state index in [1.54, 1.807) is 30.0 Å². The van der Waals surface area contributed by atoms with E-state index in [1.165, 1.54) is 6.33 Å². The standard InChI is InChI=1S/C23H20Cl2N4O3/c1-31-20-10-13(8-9-19(20)32-11-14-15(24)4-2-5-16(14)25)22-21-17(6-3-7-18(21)30)28-23-26-12-27-29(22)23/h2,4-5,8-10,12,22H,3,6-7,11H2,1H3,(H,26,27,28). The number of fused-ring (bicyclic) bond motifs is 1. The molecule has 0 radical (unpaired) electrons. The highest BCUT2D eigenvalue weighted by atomic mass is 35.5. The molecule has 9 heteroatoms. The van der Waals surface area contributed by atoms with Gasteiger partial charge in [-0.25, -0.2) is 4.68 Å². The third-order valence-electron chi connectivity index (χ3n) is 5.75. The van der Waals surface area contributed by atoms with Crippen molar-refractivity contribution in [2.24, 2.45) is 0 Å². The first-order valence-corrected chi connectivity index (χ1v) is 11.0. The van der Waals surface area contributed by atoms with Crippen molar-refractivity contribution in [2.45, 2.75) is 31.9 Å². The number of carbonyl (C=O) groups excluding carboxylic acids is 1. The molecule has 1 N–H and O–H groups in total. The van der Waals surface area contributed by atoms with Gasteiger partial charge < -0.3 is 14.8 Å². The van der Waals surface area contributed by atoms with Gasteiger partial charge in [0.25, 0.3) is 0 Å². The van der Waals surface area contributed by atoms with Gasteiger partial charge in [0.05, 0.1) is 7.11 Å². The second-order valence-corrected chi connectivity index (χ2v) is 8.44. The molecule has 1 atom stereocenters. The minimum Gasteiger partial charge on any atom is -0.493 e. The van der Waals surface area contributed by atoms with Crippen LogP contribution < -0.4 is 14.8 Å². The summed E-state index contributed by atoms with van der Waals surface area (Å²) in [5.41, 5.74) is 3.21. The van der Waals surface area contributed by atoms with Crippen molar-refractivity contribution in [1.82, 2.24) is 14.8 Å². The number of allylic oxidation sites excluding steroid dienone is 2. The maximum absolute atomic E-state index is 12.8. The van der Waals surface area contributed by atoms with E-state index in [0.29, 0.717) is 39.5 Å². The average molecular weight is 471 g/mol. The predicted molar refractivity (Wildman–Crippen MR) is 121 cm³/mol. The molecular weight excluding hydrogens is 451 g/mol. The van der Waals surface area contributed by atoms with Gasteiger partial charge in [0.15, 0.2) is 17.3 Å². The van der Waals surface area contributed by atoms with E-state index >= 15 is 0 Å². The zero-order chi connectivity index (χ0) is 22.2. The number of benzene rings is 2. The molecule has 0 fully saturated rings. The Bertz CT molecular complexity index is 1220. The number of Topliss-reactive ketones (excluding diaryl/α,β-unsaturated/α-hetero) is 1. The minimum absolute atomic E-state index is 0.123. The van der Waals surface area contributed by atoms with Gasteiger partial charge in [-0.05, 0) is 42.7 Å². The van der Waals surface area contributed by atoms with Crippen molar-refractivity contribution in [3.63, 3.8) is 0 Å². The zero-order valence-corrected chi connectivity index (χ0v) is 18.8. The highest BCUT2D eigenvalue weighted by Gasteiger charge is 2.36. The van der Waals surface area contributed by atoms with Gasteiger partial charge in [0.1, 0.15) is 19.0 Å². The molecule has 7 nitrogen and oxygen atoms in total. The Morgan fingerprint density at radius 2 is 1.97 bits per heavy atom. The molecule has 0 saturated carbocycles. The number of hydrogen-bond acceptors (Lipinski definition) is 6. The smallest absolute Gasteiger partial charge is 0.226 e. The van der Waals surface area contributed by atoms with Crippen molar-refractivity contribution in [3.05, 3.63) is 75.2 Å². The topological polar surface area (TPSA) is 78.3 Å². The minimum atomic E-state index is -0.377. The first-order chi connectivity index (χ1) is 15.6. The number of carbonyl (C=O) groups is 1. The predicted octanol–water partition coefficient (Wildman–Crippen LogP) is 5.19. The van der Waals surface area contributed by atoms with Gasteiger partial charge in [-0.15, -0.1) is 0 Å². The third kappa shape index (κ3) is 3.61. The molecule has 5 rings (SSSR count). The highest BCUT2D eigenvalue weighted by Crippen LogP contribution is 2.42. The van der Waals surface area contributed by atoms with Crippen LogP contribution in [0.2, 0.25) is 10.0 Å². The number of anilines is 1. The number of aromatic nitrogens is 3. The Balaban J connectivity index is 1.50. The number of hydrogen-bond donors (Lipinski definition) is 1. The molecule has 164 valence electrons. The summed E-state index contributed by atoms with van der Waals surface area (Å²) in [6, 6.07) is 10.6. The summed E-state index contributed by atoms with van der Waals surface area (Å²) in [6.45, 7) is 0.197. The van der Waals surface area contributed by atoms with Crippen LogP contribution in [0.5, 0.6) is 11.5 Å². The molecule has 0 spiro atoms. The van der Waals surface area contributed by atoms with Crippen molar-refractivity contribution in [1.29, 1.82) is 0 Å². The van der Waals surface area contributed by atoms with Crippen LogP contribution in [0.25, 0.3) is 0 Å². The van der Waals surface area contributed by atoms with Crippen LogP contribution in [0.4, 0.5) is 5.95 Å². The lowest BCUT2D eigenvalue weighted by Crippen LogP contribution is -2.31. The van der Waals surface area contributed by atoms with E-state index in [2.05, 4.69) is 15.4 Å². The quantitative estimate of drug-likeness (QED) is 0.552. The molecule has 1 unspecified atom stereocenters. The molecule has 1 aliphatic heterocycles. The fraction of sp³-hybridized carbons (Fsp3) is 0.261. The van der Waals surface area contributed by atoms with Gasteiger partial charge >= 0.3 is 0 Å². The van der Waals surface area contributed by atoms with Crippen LogP contribution in [0.15, 0.2) is 54.0 Å². The highest BCUT2D eigenvalue weighted by molar-refractivity contribution is 6.35. The Kier molecular flexibility index (Phi) is 5.53. The molecule has 1 aliphatic carbocycles. The van der Waals surface area contributed by atoms with Gasteiger partial charge in [0, 0.05) is 33.3 Å². The molecule has 2 aromatic carbocycles. The largest absolute Gasteiger partial charge is 0.493 e. The monoisotopic (exact) mass is 470 g/mol. The van der Waals surface area contributed by atoms with Gasteiger partial charge in [-0.2, -0.15) is 10.1 Å². The van der Waals surface area contributed by atoms with E-state index in [9.17, 15) is 4.79 Å². The lowest BCUT2D eigenvalue weighted by molar-refractivity contribution is -0.116. The summed E-state index contributed by atoms with van der Waals surface area (Å²) >= 11 is 12.5. The number of nitrogens with one attached hydrogen (secondary N) is 1. The molecular formula is C23H20Cl2N4O3. The summed E-state index contributed by atoms with van der Waals surface area (Å²) < 4.78 is 13.3. The fourth-order valence-corrected chi connectivity index (χ4v) is 4.70. The summed E-state index contributed by atoms with van der Waals surface area (Å²) in [4.78, 5) is 17.2. The second-order valence-electron chi connectivity index (χ2n) is 7.62. The number of nitrogens with zero attached hydrogens (tertiary/aromatic N) is 3. The van der Waals surface area contributed by atoms with E-state index in [0.717, 1.165) is 29.7 Å². The zero-order valence-electron chi connectivity index (χ0n) is 17.3. The Hall–Kier alpha value is -3.03. The summed E-state index contributed by atoms with van der Waals surface area (Å²) in [7, 11) is 1.58. The Morgan fingerprint density at radius 3 is 2.75 bits per heavy atom. The van der Waals surface area contributed by atoms with E-state index in [4.69, 9.17) is 32.7 Å². The molecule has 2 heterocycles. The van der Waals surface area contributed by atoms with Crippen molar-refractivity contribution < 1.29 is 14.3 Å². The van der Waals surface area contributed by atoms with E-state index in [-0.39, 0.29) is 18.4 Å². The lowest BCUT2D eigenvalue weighted by Gasteiger charge is -2.32. The molecule has 2 aliphatic rings. The van der Waals surface area contributed by atoms with E-state index in [1.807, 2.05) is 18.2 Å². The fourth-order valence-electron chi connectivity index (χ4n) is 4.20. The first-order valence-electron chi connectivity index (χ1n) is 10.2. The number of rotatable bonds is 5. The molecule has 0 saturated heterocycles. The Morgan fingerprint density at radius 1 is 1.16 bits per heavy atom. The maximum atomic E-state index is 12.8. The van der Waals surface area contributed by atoms with Gasteiger partial charge in [-0.3, -0.25) is 4.79 Å². The van der Waals surface area contributed by atoms with Crippen LogP contribution in [0.1, 0.15) is 36.4 Å². The SMILES string of the molecule is COc1cc(C2C3=C(CCCC3=O)Nc3ncnn32)ccc1OCc1c(Cl)cccc1Cl. The molecule has 32 heavy (non-hydrogen) atoms. The van der Waals surface area contributed by atoms with Crippen LogP contribution in [0.3, 0.4) is 0 Å². The van der Waals surface area contributed by atoms with E-state index < -0.39 is 0 Å². The summed E-state index contributed by atoms with van der Waals surface area (Å²) in [5, 5.41) is 8.71. The van der Waals surface area contributed by atoms with Crippen molar-refractivity contribution >= 4 is 34.9 Å². The molecule has 1 aromatic heterocycles. The Labute approximate surface area is 195 Å². The van der Waals surface area contributed by atoms with Crippen LogP contribution in [-0.2, 0) is 11.4 Å². The molecule has 0 amide bonds. The summed E-state index contributed by atoms with van der Waals surface area (Å²) in [5.74, 6) is 1.83. The number of ether oxygens (including phenoxy) is 2. The van der Waals surface area contributed by atoms with Gasteiger partial charge in [0.2, 0.25) is 5.95 Å². The van der Waals surface area contributed by atoms with Crippen LogP contribution >= 0.6 is 23.2 Å². The molecule has 3 aromatic rings. The summed E-state index contributed by atoms with van der Waals surface area (Å²) in [6.07, 6.45) is 3.64. The number of ketones is 1.